The molecule has 0 unspecified atom stereocenters. The topological polar surface area (TPSA) is 78.4 Å². The van der Waals surface area contributed by atoms with E-state index in [4.69, 9.17) is 0 Å². The first kappa shape index (κ1) is 16.5. The maximum absolute atomic E-state index is 11.9. The first-order valence-corrected chi connectivity index (χ1v) is 7.22. The normalized spacial score (nSPS) is 11.0. The molecule has 20 heavy (non-hydrogen) atoms. The van der Waals surface area contributed by atoms with Crippen molar-refractivity contribution in [1.29, 1.82) is 0 Å². The lowest BCUT2D eigenvalue weighted by Gasteiger charge is -2.28. The van der Waals surface area contributed by atoms with Crippen molar-refractivity contribution in [3.8, 4) is 0 Å². The number of carboxylic acid groups (broad SMARTS) is 1. The van der Waals surface area contributed by atoms with Crippen LogP contribution in [0.15, 0.2) is 22.7 Å². The fraction of sp³-hybridized carbons (Fsp3) is 0.429. The van der Waals surface area contributed by atoms with Gasteiger partial charge in [0.05, 0.1) is 0 Å². The summed E-state index contributed by atoms with van der Waals surface area (Å²) < 4.78 is 0.949. The molecule has 110 valence electrons. The molecule has 1 aromatic carbocycles. The average Bonchev–Trinajstić information content (AvgIpc) is 2.40. The van der Waals surface area contributed by atoms with Gasteiger partial charge < -0.3 is 15.7 Å². The number of carbonyl (C=O) groups is 2. The number of carbonyl (C=O) groups excluding carboxylic acids is 1. The van der Waals surface area contributed by atoms with E-state index in [-0.39, 0.29) is 0 Å². The zero-order valence-corrected chi connectivity index (χ0v) is 13.4. The fourth-order valence-corrected chi connectivity index (χ4v) is 2.13. The predicted octanol–water partition coefficient (Wildman–Crippen LogP) is 3.52. The molecule has 1 aromatic rings. The molecule has 0 aliphatic carbocycles. The molecule has 0 heterocycles. The summed E-state index contributed by atoms with van der Waals surface area (Å²) in [6.45, 7) is 5.39. The van der Waals surface area contributed by atoms with Gasteiger partial charge in [-0.3, -0.25) is 0 Å². The zero-order valence-electron chi connectivity index (χ0n) is 11.8. The second kappa shape index (κ2) is 6.74. The lowest BCUT2D eigenvalue weighted by atomic mass is 9.93. The van der Waals surface area contributed by atoms with Crippen LogP contribution in [0.25, 0.3) is 0 Å². The number of hydrogen-bond donors (Lipinski definition) is 3. The molecule has 0 bridgehead atoms. The highest BCUT2D eigenvalue weighted by Crippen LogP contribution is 2.20. The van der Waals surface area contributed by atoms with Crippen LogP contribution in [0.1, 0.15) is 32.3 Å². The lowest BCUT2D eigenvalue weighted by Crippen LogP contribution is -2.54. The van der Waals surface area contributed by atoms with Crippen molar-refractivity contribution in [3.63, 3.8) is 0 Å². The SMILES string of the molecule is CCC(CC)(NC(=O)Nc1ccc(Br)c(C)c1)C(=O)O. The van der Waals surface area contributed by atoms with E-state index in [2.05, 4.69) is 26.6 Å². The second-order valence-electron chi connectivity index (χ2n) is 4.64. The van der Waals surface area contributed by atoms with E-state index < -0.39 is 17.5 Å². The number of benzene rings is 1. The third-order valence-electron chi connectivity index (χ3n) is 3.39. The number of aliphatic carboxylic acids is 1. The number of halogens is 1. The number of nitrogens with one attached hydrogen (secondary N) is 2. The Hall–Kier alpha value is -1.56. The maximum atomic E-state index is 11.9. The first-order valence-electron chi connectivity index (χ1n) is 6.43. The number of amides is 2. The molecule has 0 spiro atoms. The number of aryl methyl sites for hydroxylation is 1. The summed E-state index contributed by atoms with van der Waals surface area (Å²) in [6.07, 6.45) is 0.650. The van der Waals surface area contributed by atoms with E-state index in [0.717, 1.165) is 10.0 Å². The fourth-order valence-electron chi connectivity index (χ4n) is 1.88. The van der Waals surface area contributed by atoms with E-state index in [1.54, 1.807) is 19.9 Å². The van der Waals surface area contributed by atoms with Gasteiger partial charge in [0.1, 0.15) is 5.54 Å². The quantitative estimate of drug-likeness (QED) is 0.765. The molecule has 0 saturated carbocycles. The van der Waals surface area contributed by atoms with Crippen LogP contribution >= 0.6 is 15.9 Å². The largest absolute Gasteiger partial charge is 0.480 e. The molecule has 2 amide bonds. The van der Waals surface area contributed by atoms with Crippen molar-refractivity contribution in [2.75, 3.05) is 5.32 Å². The van der Waals surface area contributed by atoms with Crippen LogP contribution in [0.5, 0.6) is 0 Å². The van der Waals surface area contributed by atoms with Crippen LogP contribution < -0.4 is 10.6 Å². The van der Waals surface area contributed by atoms with Gasteiger partial charge in [-0.15, -0.1) is 0 Å². The molecule has 3 N–H and O–H groups in total. The smallest absolute Gasteiger partial charge is 0.329 e. The summed E-state index contributed by atoms with van der Waals surface area (Å²) in [6, 6.07) is 4.87. The molecular formula is C14H19BrN2O3. The Morgan fingerprint density at radius 1 is 1.30 bits per heavy atom. The Morgan fingerprint density at radius 2 is 1.90 bits per heavy atom. The molecule has 0 atom stereocenters. The molecule has 0 aromatic heterocycles. The van der Waals surface area contributed by atoms with Crippen LogP contribution in [0, 0.1) is 6.92 Å². The Kier molecular flexibility index (Phi) is 5.56. The van der Waals surface area contributed by atoms with Gasteiger partial charge in [0.15, 0.2) is 0 Å². The number of rotatable bonds is 5. The standard InChI is InChI=1S/C14H19BrN2O3/c1-4-14(5-2,12(18)19)17-13(20)16-10-6-7-11(15)9(3)8-10/h6-8H,4-5H2,1-3H3,(H,18,19)(H2,16,17,20). The lowest BCUT2D eigenvalue weighted by molar-refractivity contribution is -0.144. The van der Waals surface area contributed by atoms with Crippen molar-refractivity contribution >= 4 is 33.6 Å². The first-order chi connectivity index (χ1) is 9.34. The molecular weight excluding hydrogens is 324 g/mol. The van der Waals surface area contributed by atoms with Gasteiger partial charge in [0.2, 0.25) is 0 Å². The van der Waals surface area contributed by atoms with Crippen molar-refractivity contribution in [2.24, 2.45) is 0 Å². The number of urea groups is 1. The van der Waals surface area contributed by atoms with Crippen LogP contribution in [-0.2, 0) is 4.79 Å². The molecule has 6 heteroatoms. The minimum atomic E-state index is -1.23. The number of hydrogen-bond acceptors (Lipinski definition) is 2. The highest BCUT2D eigenvalue weighted by molar-refractivity contribution is 9.10. The third kappa shape index (κ3) is 3.72. The van der Waals surface area contributed by atoms with E-state index in [9.17, 15) is 14.7 Å². The van der Waals surface area contributed by atoms with Crippen LogP contribution in [0.2, 0.25) is 0 Å². The van der Waals surface area contributed by atoms with Gasteiger partial charge in [-0.2, -0.15) is 0 Å². The third-order valence-corrected chi connectivity index (χ3v) is 4.27. The van der Waals surface area contributed by atoms with Crippen molar-refractivity contribution < 1.29 is 14.7 Å². The van der Waals surface area contributed by atoms with Gasteiger partial charge in [-0.25, -0.2) is 9.59 Å². The van der Waals surface area contributed by atoms with Crippen LogP contribution in [-0.4, -0.2) is 22.6 Å². The summed E-state index contributed by atoms with van der Waals surface area (Å²) in [7, 11) is 0. The van der Waals surface area contributed by atoms with Crippen molar-refractivity contribution in [1.82, 2.24) is 5.32 Å². The molecule has 0 aliphatic heterocycles. The number of anilines is 1. The zero-order chi connectivity index (χ0) is 15.3. The highest BCUT2D eigenvalue weighted by atomic mass is 79.9. The maximum Gasteiger partial charge on any atom is 0.329 e. The molecule has 0 saturated heterocycles. The molecule has 0 fully saturated rings. The molecule has 1 rings (SSSR count). The van der Waals surface area contributed by atoms with Crippen LogP contribution in [0.4, 0.5) is 10.5 Å². The van der Waals surface area contributed by atoms with Gasteiger partial charge in [0.25, 0.3) is 0 Å². The van der Waals surface area contributed by atoms with E-state index in [1.165, 1.54) is 0 Å². The van der Waals surface area contributed by atoms with Gasteiger partial charge in [-0.05, 0) is 43.5 Å². The summed E-state index contributed by atoms with van der Waals surface area (Å²) in [4.78, 5) is 23.3. The summed E-state index contributed by atoms with van der Waals surface area (Å²) in [5.41, 5.74) is 0.377. The molecule has 5 nitrogen and oxygen atoms in total. The summed E-state index contributed by atoms with van der Waals surface area (Å²) in [5.74, 6) is -1.02. The van der Waals surface area contributed by atoms with E-state index in [0.29, 0.717) is 18.5 Å². The van der Waals surface area contributed by atoms with Gasteiger partial charge in [0, 0.05) is 10.2 Å². The average molecular weight is 343 g/mol. The van der Waals surface area contributed by atoms with Crippen molar-refractivity contribution in [2.45, 2.75) is 39.2 Å². The second-order valence-corrected chi connectivity index (χ2v) is 5.49. The minimum Gasteiger partial charge on any atom is -0.480 e. The summed E-state index contributed by atoms with van der Waals surface area (Å²) >= 11 is 3.38. The van der Waals surface area contributed by atoms with Crippen molar-refractivity contribution in [3.05, 3.63) is 28.2 Å². The van der Waals surface area contributed by atoms with E-state index in [1.807, 2.05) is 19.1 Å². The predicted molar refractivity (Wildman–Crippen MR) is 82.0 cm³/mol. The van der Waals surface area contributed by atoms with Gasteiger partial charge in [-0.1, -0.05) is 29.8 Å². The number of carboxylic acids is 1. The van der Waals surface area contributed by atoms with Crippen LogP contribution in [0.3, 0.4) is 0 Å². The Balaban J connectivity index is 2.80. The molecule has 0 aliphatic rings. The Bertz CT molecular complexity index is 513. The Labute approximate surface area is 126 Å². The van der Waals surface area contributed by atoms with Gasteiger partial charge >= 0.3 is 12.0 Å². The van der Waals surface area contributed by atoms with E-state index >= 15 is 0 Å². The highest BCUT2D eigenvalue weighted by Gasteiger charge is 2.36. The monoisotopic (exact) mass is 342 g/mol. The molecule has 0 radical (unpaired) electrons. The summed E-state index contributed by atoms with van der Waals surface area (Å²) in [5, 5.41) is 14.5. The Morgan fingerprint density at radius 3 is 2.35 bits per heavy atom. The minimum absolute atomic E-state index is 0.325.